The lowest BCUT2D eigenvalue weighted by Gasteiger charge is -2.25. The SMILES string of the molecule is CCOC(C)(C)CNCCN1CCCC1. The van der Waals surface area contributed by atoms with Crippen LogP contribution in [0.5, 0.6) is 0 Å². The zero-order valence-electron chi connectivity index (χ0n) is 10.5. The molecule has 1 heterocycles. The van der Waals surface area contributed by atoms with E-state index in [-0.39, 0.29) is 5.60 Å². The fourth-order valence-electron chi connectivity index (χ4n) is 2.07. The van der Waals surface area contributed by atoms with Crippen molar-refractivity contribution in [1.29, 1.82) is 0 Å². The molecule has 3 heteroatoms. The first-order valence-electron chi connectivity index (χ1n) is 6.21. The van der Waals surface area contributed by atoms with E-state index in [0.717, 1.165) is 19.7 Å². The summed E-state index contributed by atoms with van der Waals surface area (Å²) in [6.45, 7) is 12.9. The Balaban J connectivity index is 2.00. The number of hydrogen-bond donors (Lipinski definition) is 1. The Labute approximate surface area is 94.2 Å². The van der Waals surface area contributed by atoms with Crippen molar-refractivity contribution >= 4 is 0 Å². The van der Waals surface area contributed by atoms with Crippen molar-refractivity contribution in [2.75, 3.05) is 39.3 Å². The van der Waals surface area contributed by atoms with Gasteiger partial charge in [-0.15, -0.1) is 0 Å². The average Bonchev–Trinajstić information content (AvgIpc) is 2.65. The summed E-state index contributed by atoms with van der Waals surface area (Å²) in [5.41, 5.74) is -0.0280. The molecular formula is C12H26N2O. The van der Waals surface area contributed by atoms with Gasteiger partial charge in [0.05, 0.1) is 5.60 Å². The highest BCUT2D eigenvalue weighted by atomic mass is 16.5. The van der Waals surface area contributed by atoms with Crippen molar-refractivity contribution in [3.05, 3.63) is 0 Å². The predicted octanol–water partition coefficient (Wildman–Crippen LogP) is 1.49. The molecule has 3 nitrogen and oxygen atoms in total. The lowest BCUT2D eigenvalue weighted by Crippen LogP contribution is -2.40. The number of nitrogens with zero attached hydrogens (tertiary/aromatic N) is 1. The van der Waals surface area contributed by atoms with Gasteiger partial charge in [0.25, 0.3) is 0 Å². The molecule has 15 heavy (non-hydrogen) atoms. The maximum absolute atomic E-state index is 5.63. The summed E-state index contributed by atoms with van der Waals surface area (Å²) in [5, 5.41) is 3.47. The normalized spacial score (nSPS) is 18.6. The lowest BCUT2D eigenvalue weighted by atomic mass is 10.1. The highest BCUT2D eigenvalue weighted by Gasteiger charge is 2.17. The third-order valence-electron chi connectivity index (χ3n) is 2.89. The monoisotopic (exact) mass is 214 g/mol. The number of rotatable bonds is 7. The Hall–Kier alpha value is -0.120. The van der Waals surface area contributed by atoms with Crippen LogP contribution in [-0.2, 0) is 4.74 Å². The molecule has 0 spiro atoms. The number of likely N-dealkylation sites (tertiary alicyclic amines) is 1. The molecule has 0 aromatic rings. The summed E-state index contributed by atoms with van der Waals surface area (Å²) in [5.74, 6) is 0. The fourth-order valence-corrected chi connectivity index (χ4v) is 2.07. The first kappa shape index (κ1) is 12.9. The summed E-state index contributed by atoms with van der Waals surface area (Å²) in [6, 6.07) is 0. The van der Waals surface area contributed by atoms with E-state index in [4.69, 9.17) is 4.74 Å². The van der Waals surface area contributed by atoms with Gasteiger partial charge >= 0.3 is 0 Å². The van der Waals surface area contributed by atoms with Gasteiger partial charge in [0.2, 0.25) is 0 Å². The van der Waals surface area contributed by atoms with Crippen LogP contribution in [0, 0.1) is 0 Å². The lowest BCUT2D eigenvalue weighted by molar-refractivity contribution is -0.00886. The van der Waals surface area contributed by atoms with E-state index in [2.05, 4.69) is 24.1 Å². The summed E-state index contributed by atoms with van der Waals surface area (Å²) in [6.07, 6.45) is 2.76. The van der Waals surface area contributed by atoms with Gasteiger partial charge in [-0.3, -0.25) is 0 Å². The van der Waals surface area contributed by atoms with Gasteiger partial charge < -0.3 is 15.0 Å². The molecule has 1 saturated heterocycles. The predicted molar refractivity (Wildman–Crippen MR) is 64.2 cm³/mol. The average molecular weight is 214 g/mol. The van der Waals surface area contributed by atoms with E-state index in [9.17, 15) is 0 Å². The topological polar surface area (TPSA) is 24.5 Å². The Bertz CT molecular complexity index is 165. The van der Waals surface area contributed by atoms with Gasteiger partial charge in [-0.2, -0.15) is 0 Å². The maximum atomic E-state index is 5.63. The molecule has 0 unspecified atom stereocenters. The van der Waals surface area contributed by atoms with Gasteiger partial charge in [-0.25, -0.2) is 0 Å². The molecule has 0 aliphatic carbocycles. The van der Waals surface area contributed by atoms with Crippen molar-refractivity contribution < 1.29 is 4.74 Å². The first-order chi connectivity index (χ1) is 7.14. The number of hydrogen-bond acceptors (Lipinski definition) is 3. The minimum atomic E-state index is -0.0280. The van der Waals surface area contributed by atoms with E-state index in [0.29, 0.717) is 0 Å². The molecule has 0 bridgehead atoms. The summed E-state index contributed by atoms with van der Waals surface area (Å²) >= 11 is 0. The molecular weight excluding hydrogens is 188 g/mol. The van der Waals surface area contributed by atoms with E-state index < -0.39 is 0 Å². The van der Waals surface area contributed by atoms with E-state index in [1.54, 1.807) is 0 Å². The molecule has 0 aromatic carbocycles. The van der Waals surface area contributed by atoms with Crippen LogP contribution in [0.3, 0.4) is 0 Å². The van der Waals surface area contributed by atoms with Crippen LogP contribution >= 0.6 is 0 Å². The molecule has 0 amide bonds. The Morgan fingerprint density at radius 3 is 2.53 bits per heavy atom. The van der Waals surface area contributed by atoms with E-state index in [1.165, 1.54) is 32.5 Å². The molecule has 1 N–H and O–H groups in total. The van der Waals surface area contributed by atoms with Crippen LogP contribution in [-0.4, -0.2) is 49.8 Å². The number of nitrogens with one attached hydrogen (secondary N) is 1. The minimum Gasteiger partial charge on any atom is -0.375 e. The van der Waals surface area contributed by atoms with Gasteiger partial charge in [0.15, 0.2) is 0 Å². The van der Waals surface area contributed by atoms with Gasteiger partial charge in [-0.1, -0.05) is 0 Å². The largest absolute Gasteiger partial charge is 0.375 e. The van der Waals surface area contributed by atoms with Crippen molar-refractivity contribution in [3.8, 4) is 0 Å². The van der Waals surface area contributed by atoms with Gasteiger partial charge in [0.1, 0.15) is 0 Å². The molecule has 0 radical (unpaired) electrons. The minimum absolute atomic E-state index is 0.0280. The third kappa shape index (κ3) is 5.50. The Morgan fingerprint density at radius 2 is 1.93 bits per heavy atom. The maximum Gasteiger partial charge on any atom is 0.0750 e. The van der Waals surface area contributed by atoms with Crippen LogP contribution in [0.15, 0.2) is 0 Å². The van der Waals surface area contributed by atoms with Crippen LogP contribution in [0.1, 0.15) is 33.6 Å². The Morgan fingerprint density at radius 1 is 1.27 bits per heavy atom. The molecule has 1 aliphatic heterocycles. The molecule has 90 valence electrons. The summed E-state index contributed by atoms with van der Waals surface area (Å²) in [4.78, 5) is 2.53. The molecule has 1 fully saturated rings. The van der Waals surface area contributed by atoms with Crippen LogP contribution in [0.4, 0.5) is 0 Å². The fraction of sp³-hybridized carbons (Fsp3) is 1.00. The highest BCUT2D eigenvalue weighted by Crippen LogP contribution is 2.07. The highest BCUT2D eigenvalue weighted by molar-refractivity contribution is 4.73. The standard InChI is InChI=1S/C12H26N2O/c1-4-15-12(2,3)11-13-7-10-14-8-5-6-9-14/h13H,4-11H2,1-3H3. The molecule has 1 aliphatic rings. The smallest absolute Gasteiger partial charge is 0.0750 e. The second-order valence-corrected chi connectivity index (χ2v) is 4.92. The van der Waals surface area contributed by atoms with Gasteiger partial charge in [0, 0.05) is 26.2 Å². The zero-order chi connectivity index (χ0) is 11.1. The Kier molecular flexibility index (Phi) is 5.58. The quantitative estimate of drug-likeness (QED) is 0.650. The first-order valence-corrected chi connectivity index (χ1v) is 6.21. The van der Waals surface area contributed by atoms with Gasteiger partial charge in [-0.05, 0) is 46.7 Å². The van der Waals surface area contributed by atoms with Crippen molar-refractivity contribution in [2.24, 2.45) is 0 Å². The second-order valence-electron chi connectivity index (χ2n) is 4.92. The molecule has 0 saturated carbocycles. The third-order valence-corrected chi connectivity index (χ3v) is 2.89. The van der Waals surface area contributed by atoms with Crippen LogP contribution in [0.25, 0.3) is 0 Å². The zero-order valence-corrected chi connectivity index (χ0v) is 10.5. The van der Waals surface area contributed by atoms with Crippen LogP contribution in [0.2, 0.25) is 0 Å². The van der Waals surface area contributed by atoms with Crippen molar-refractivity contribution in [2.45, 2.75) is 39.2 Å². The molecule has 0 aromatic heterocycles. The van der Waals surface area contributed by atoms with E-state index in [1.807, 2.05) is 6.92 Å². The van der Waals surface area contributed by atoms with E-state index >= 15 is 0 Å². The van der Waals surface area contributed by atoms with Crippen LogP contribution < -0.4 is 5.32 Å². The van der Waals surface area contributed by atoms with Crippen molar-refractivity contribution in [1.82, 2.24) is 10.2 Å². The molecule has 1 rings (SSSR count). The number of ether oxygens (including phenoxy) is 1. The second kappa shape index (κ2) is 6.46. The summed E-state index contributed by atoms with van der Waals surface area (Å²) < 4.78 is 5.63. The summed E-state index contributed by atoms with van der Waals surface area (Å²) in [7, 11) is 0. The molecule has 0 atom stereocenters. The van der Waals surface area contributed by atoms with Crippen molar-refractivity contribution in [3.63, 3.8) is 0 Å².